The normalized spacial score (nSPS) is 12.3. The molecule has 0 saturated heterocycles. The molecule has 0 heterocycles. The fourth-order valence-electron chi connectivity index (χ4n) is 1.06. The second-order valence-electron chi connectivity index (χ2n) is 3.26. The van der Waals surface area contributed by atoms with E-state index in [1.807, 2.05) is 0 Å². The van der Waals surface area contributed by atoms with Crippen LogP contribution in [0.3, 0.4) is 0 Å². The maximum absolute atomic E-state index is 11.4. The first-order chi connectivity index (χ1) is 8.29. The van der Waals surface area contributed by atoms with Crippen LogP contribution in [-0.4, -0.2) is 33.7 Å². The number of para-hydroxylation sites is 1. The van der Waals surface area contributed by atoms with Crippen molar-refractivity contribution in [2.45, 2.75) is 6.42 Å². The predicted molar refractivity (Wildman–Crippen MR) is 63.0 cm³/mol. The topological polar surface area (TPSA) is 107 Å². The van der Waals surface area contributed by atoms with Crippen molar-refractivity contribution in [3.63, 3.8) is 0 Å². The van der Waals surface area contributed by atoms with Gasteiger partial charge >= 0.3 is 20.5 Å². The van der Waals surface area contributed by atoms with Gasteiger partial charge in [-0.25, -0.2) is 4.18 Å². The van der Waals surface area contributed by atoms with Gasteiger partial charge < -0.3 is 4.18 Å². The third-order valence-corrected chi connectivity index (χ3v) is 3.44. The molecule has 18 heavy (non-hydrogen) atoms. The van der Waals surface area contributed by atoms with E-state index in [9.17, 15) is 16.8 Å². The smallest absolute Gasteiger partial charge is 0.382 e. The lowest BCUT2D eigenvalue weighted by molar-refractivity contribution is 0.268. The zero-order valence-corrected chi connectivity index (χ0v) is 10.9. The van der Waals surface area contributed by atoms with Gasteiger partial charge in [-0.15, -0.1) is 0 Å². The summed E-state index contributed by atoms with van der Waals surface area (Å²) in [6.07, 6.45) is -0.116. The van der Waals surface area contributed by atoms with Gasteiger partial charge in [0.05, 0.1) is 12.4 Å². The van der Waals surface area contributed by atoms with Gasteiger partial charge in [0, 0.05) is 0 Å². The molecule has 0 fully saturated rings. The molecule has 102 valence electrons. The third-order valence-electron chi connectivity index (χ3n) is 1.74. The molecule has 0 spiro atoms. The summed E-state index contributed by atoms with van der Waals surface area (Å²) in [7, 11) is -8.35. The Morgan fingerprint density at radius 2 is 1.67 bits per heavy atom. The molecular weight excluding hydrogens is 284 g/mol. The van der Waals surface area contributed by atoms with Gasteiger partial charge in [-0.2, -0.15) is 16.8 Å². The Morgan fingerprint density at radius 3 is 2.22 bits per heavy atom. The van der Waals surface area contributed by atoms with Crippen LogP contribution >= 0.6 is 0 Å². The zero-order valence-electron chi connectivity index (χ0n) is 9.22. The molecule has 0 aliphatic carbocycles. The first kappa shape index (κ1) is 14.9. The monoisotopic (exact) mass is 296 g/mol. The Labute approximate surface area is 105 Å². The third kappa shape index (κ3) is 6.55. The first-order valence-corrected chi connectivity index (χ1v) is 7.82. The van der Waals surface area contributed by atoms with Crippen LogP contribution in [0.1, 0.15) is 6.42 Å². The van der Waals surface area contributed by atoms with Crippen molar-refractivity contribution in [2.75, 3.05) is 12.4 Å². The standard InChI is InChI=1S/C9H12O7S2/c10-17(11,8-4-7-15-18(12,13)14)16-9-5-2-1-3-6-9/h1-3,5-6H,4,7-8H2,(H,12,13,14). The van der Waals surface area contributed by atoms with Crippen LogP contribution in [0.2, 0.25) is 0 Å². The lowest BCUT2D eigenvalue weighted by atomic mass is 10.3. The lowest BCUT2D eigenvalue weighted by Gasteiger charge is -2.06. The van der Waals surface area contributed by atoms with Gasteiger partial charge in [0.15, 0.2) is 0 Å². The van der Waals surface area contributed by atoms with Gasteiger partial charge in [-0.3, -0.25) is 4.55 Å². The van der Waals surface area contributed by atoms with Crippen LogP contribution in [0, 0.1) is 0 Å². The average molecular weight is 296 g/mol. The van der Waals surface area contributed by atoms with E-state index in [-0.39, 0.29) is 12.2 Å². The molecule has 0 unspecified atom stereocenters. The molecule has 1 rings (SSSR count). The Kier molecular flexibility index (Phi) is 5.08. The molecule has 7 nitrogen and oxygen atoms in total. The Bertz CT molecular complexity index is 562. The molecule has 0 aromatic heterocycles. The van der Waals surface area contributed by atoms with Crippen LogP contribution in [0.5, 0.6) is 5.75 Å². The molecule has 0 bridgehead atoms. The van der Waals surface area contributed by atoms with Crippen LogP contribution in [0.25, 0.3) is 0 Å². The van der Waals surface area contributed by atoms with Crippen LogP contribution in [-0.2, 0) is 24.7 Å². The molecule has 1 aromatic rings. The second kappa shape index (κ2) is 6.14. The largest absolute Gasteiger partial charge is 0.397 e. The molecule has 1 aromatic carbocycles. The lowest BCUT2D eigenvalue weighted by Crippen LogP contribution is -2.16. The van der Waals surface area contributed by atoms with Crippen molar-refractivity contribution in [1.82, 2.24) is 0 Å². The van der Waals surface area contributed by atoms with E-state index in [4.69, 9.17) is 8.74 Å². The molecular formula is C9H12O7S2. The number of rotatable bonds is 7. The van der Waals surface area contributed by atoms with Gasteiger partial charge in [0.1, 0.15) is 5.75 Å². The van der Waals surface area contributed by atoms with Crippen molar-refractivity contribution in [3.05, 3.63) is 30.3 Å². The molecule has 1 N–H and O–H groups in total. The van der Waals surface area contributed by atoms with Gasteiger partial charge in [-0.05, 0) is 18.6 Å². The van der Waals surface area contributed by atoms with E-state index >= 15 is 0 Å². The molecule has 0 amide bonds. The second-order valence-corrected chi connectivity index (χ2v) is 6.04. The zero-order chi connectivity index (χ0) is 13.6. The van der Waals surface area contributed by atoms with Crippen LogP contribution in [0.4, 0.5) is 0 Å². The number of hydrogen-bond acceptors (Lipinski definition) is 6. The summed E-state index contributed by atoms with van der Waals surface area (Å²) >= 11 is 0. The average Bonchev–Trinajstić information content (AvgIpc) is 2.24. The maximum Gasteiger partial charge on any atom is 0.397 e. The van der Waals surface area contributed by atoms with Gasteiger partial charge in [0.25, 0.3) is 0 Å². The molecule has 0 atom stereocenters. The molecule has 0 aliphatic rings. The Morgan fingerprint density at radius 1 is 1.06 bits per heavy atom. The van der Waals surface area contributed by atoms with Gasteiger partial charge in [0.2, 0.25) is 0 Å². The highest BCUT2D eigenvalue weighted by Gasteiger charge is 2.13. The van der Waals surface area contributed by atoms with Crippen molar-refractivity contribution in [3.8, 4) is 5.75 Å². The van der Waals surface area contributed by atoms with E-state index in [0.29, 0.717) is 0 Å². The summed E-state index contributed by atoms with van der Waals surface area (Å²) in [5, 5.41) is 0. The summed E-state index contributed by atoms with van der Waals surface area (Å²) in [5.41, 5.74) is 0. The summed E-state index contributed by atoms with van der Waals surface area (Å²) in [4.78, 5) is 0. The van der Waals surface area contributed by atoms with Crippen LogP contribution < -0.4 is 4.18 Å². The summed E-state index contributed by atoms with van der Waals surface area (Å²) in [6.45, 7) is -0.434. The molecule has 0 aliphatic heterocycles. The first-order valence-electron chi connectivity index (χ1n) is 4.87. The maximum atomic E-state index is 11.4. The highest BCUT2D eigenvalue weighted by atomic mass is 32.3. The quantitative estimate of drug-likeness (QED) is 0.446. The summed E-state index contributed by atoms with van der Waals surface area (Å²) in [6, 6.07) is 7.90. The molecule has 0 radical (unpaired) electrons. The Balaban J connectivity index is 2.42. The molecule has 0 saturated carbocycles. The van der Waals surface area contributed by atoms with Crippen molar-refractivity contribution in [1.29, 1.82) is 0 Å². The fourth-order valence-corrected chi connectivity index (χ4v) is 2.35. The van der Waals surface area contributed by atoms with E-state index < -0.39 is 32.9 Å². The van der Waals surface area contributed by atoms with Crippen molar-refractivity contribution < 1.29 is 29.8 Å². The van der Waals surface area contributed by atoms with E-state index in [1.54, 1.807) is 18.2 Å². The van der Waals surface area contributed by atoms with Gasteiger partial charge in [-0.1, -0.05) is 18.2 Å². The van der Waals surface area contributed by atoms with Crippen molar-refractivity contribution in [2.24, 2.45) is 0 Å². The van der Waals surface area contributed by atoms with Crippen molar-refractivity contribution >= 4 is 20.5 Å². The minimum atomic E-state index is -4.54. The minimum absolute atomic E-state index is 0.116. The predicted octanol–water partition coefficient (Wildman–Crippen LogP) is 0.605. The summed E-state index contributed by atoms with van der Waals surface area (Å²) < 4.78 is 60.2. The molecule has 9 heteroatoms. The Hall–Kier alpha value is -1.16. The minimum Gasteiger partial charge on any atom is -0.382 e. The number of benzene rings is 1. The van der Waals surface area contributed by atoms with E-state index in [2.05, 4.69) is 4.18 Å². The van der Waals surface area contributed by atoms with Crippen LogP contribution in [0.15, 0.2) is 30.3 Å². The van der Waals surface area contributed by atoms with E-state index in [1.165, 1.54) is 12.1 Å². The van der Waals surface area contributed by atoms with E-state index in [0.717, 1.165) is 0 Å². The SMILES string of the molecule is O=S(=O)(O)OCCCS(=O)(=O)Oc1ccccc1. The summed E-state index contributed by atoms with van der Waals surface area (Å²) in [5.74, 6) is -0.245. The highest BCUT2D eigenvalue weighted by molar-refractivity contribution is 7.87. The fraction of sp³-hybridized carbons (Fsp3) is 0.333. The highest BCUT2D eigenvalue weighted by Crippen LogP contribution is 2.12. The number of hydrogen-bond donors (Lipinski definition) is 1.